The molecule has 1 fully saturated rings. The molecule has 2 aromatic rings. The Balaban J connectivity index is 1.39. The van der Waals surface area contributed by atoms with E-state index in [1.165, 1.54) is 17.4 Å². The highest BCUT2D eigenvalue weighted by Crippen LogP contribution is 2.22. The Morgan fingerprint density at radius 1 is 1.23 bits per heavy atom. The molecule has 1 saturated heterocycles. The first-order valence-corrected chi connectivity index (χ1v) is 9.44. The summed E-state index contributed by atoms with van der Waals surface area (Å²) in [5, 5.41) is 9.55. The average molecular weight is 373 g/mol. The van der Waals surface area contributed by atoms with E-state index in [1.807, 2.05) is 0 Å². The topological polar surface area (TPSA) is 85.7 Å². The molecule has 138 valence electrons. The van der Waals surface area contributed by atoms with Gasteiger partial charge in [-0.25, -0.2) is 4.98 Å². The molecule has 0 unspecified atom stereocenters. The molecule has 0 aromatic carbocycles. The van der Waals surface area contributed by atoms with Crippen molar-refractivity contribution in [2.75, 3.05) is 51.2 Å². The van der Waals surface area contributed by atoms with E-state index in [4.69, 9.17) is 0 Å². The van der Waals surface area contributed by atoms with E-state index >= 15 is 0 Å². The maximum absolute atomic E-state index is 11.9. The Morgan fingerprint density at radius 2 is 2.04 bits per heavy atom. The number of hydrogen-bond donors (Lipinski definition) is 2. The summed E-state index contributed by atoms with van der Waals surface area (Å²) in [6.45, 7) is 4.88. The van der Waals surface area contributed by atoms with Gasteiger partial charge in [0.15, 0.2) is 5.96 Å². The molecule has 0 radical (unpaired) electrons. The van der Waals surface area contributed by atoms with Crippen LogP contribution in [0, 0.1) is 0 Å². The van der Waals surface area contributed by atoms with E-state index in [2.05, 4.69) is 52.9 Å². The quantitative estimate of drug-likeness (QED) is 0.455. The van der Waals surface area contributed by atoms with Crippen LogP contribution in [0.2, 0.25) is 0 Å². The second-order valence-electron chi connectivity index (χ2n) is 5.75. The van der Waals surface area contributed by atoms with Crippen molar-refractivity contribution in [1.82, 2.24) is 25.5 Å². The van der Waals surface area contributed by atoms with Crippen molar-refractivity contribution in [2.24, 2.45) is 4.99 Å². The number of guanidine groups is 1. The molecule has 3 heterocycles. The Labute approximate surface area is 157 Å². The Hall–Kier alpha value is -2.68. The number of hydrogen-bond acceptors (Lipinski definition) is 6. The predicted molar refractivity (Wildman–Crippen MR) is 104 cm³/mol. The van der Waals surface area contributed by atoms with Crippen LogP contribution in [0.5, 0.6) is 0 Å². The number of rotatable bonds is 5. The van der Waals surface area contributed by atoms with E-state index in [-0.39, 0.29) is 5.91 Å². The summed E-state index contributed by atoms with van der Waals surface area (Å²) in [4.78, 5) is 28.8. The molecular formula is C17H23N7OS. The standard InChI is InChI=1S/C17H23N7OS/c1-18-17(22-7-6-21-16(25)14-13-19-4-5-20-14)24-10-8-23(9-11-24)15-3-2-12-26-15/h2-5,12-13H,6-11H2,1H3,(H,18,22)(H,21,25). The van der Waals surface area contributed by atoms with E-state index in [0.29, 0.717) is 18.8 Å². The van der Waals surface area contributed by atoms with Gasteiger partial charge in [0.25, 0.3) is 5.91 Å². The number of thiophene rings is 1. The van der Waals surface area contributed by atoms with Crippen LogP contribution in [0.4, 0.5) is 5.00 Å². The van der Waals surface area contributed by atoms with Crippen LogP contribution in [0.3, 0.4) is 0 Å². The lowest BCUT2D eigenvalue weighted by Gasteiger charge is -2.37. The number of aromatic nitrogens is 2. The van der Waals surface area contributed by atoms with Crippen LogP contribution in [0.15, 0.2) is 41.1 Å². The normalized spacial score (nSPS) is 15.0. The molecule has 1 aliphatic rings. The molecule has 0 saturated carbocycles. The number of anilines is 1. The fourth-order valence-corrected chi connectivity index (χ4v) is 3.56. The molecule has 0 aliphatic carbocycles. The summed E-state index contributed by atoms with van der Waals surface area (Å²) < 4.78 is 0. The van der Waals surface area contributed by atoms with Gasteiger partial charge in [-0.15, -0.1) is 11.3 Å². The van der Waals surface area contributed by atoms with Crippen LogP contribution < -0.4 is 15.5 Å². The van der Waals surface area contributed by atoms with Gasteiger partial charge in [0.1, 0.15) is 5.69 Å². The number of amides is 1. The molecule has 0 atom stereocenters. The maximum Gasteiger partial charge on any atom is 0.271 e. The zero-order chi connectivity index (χ0) is 18.2. The molecule has 1 amide bonds. The first kappa shape index (κ1) is 18.1. The van der Waals surface area contributed by atoms with Crippen molar-refractivity contribution >= 4 is 28.2 Å². The van der Waals surface area contributed by atoms with Crippen molar-refractivity contribution in [1.29, 1.82) is 0 Å². The summed E-state index contributed by atoms with van der Waals surface area (Å²) in [6.07, 6.45) is 4.50. The molecule has 2 N–H and O–H groups in total. The van der Waals surface area contributed by atoms with Crippen LogP contribution in [-0.2, 0) is 0 Å². The number of carbonyl (C=O) groups is 1. The third-order valence-corrected chi connectivity index (χ3v) is 5.03. The molecule has 0 spiro atoms. The number of nitrogens with zero attached hydrogens (tertiary/aromatic N) is 5. The SMILES string of the molecule is CN=C(NCCNC(=O)c1cnccn1)N1CCN(c2cccs2)CC1. The van der Waals surface area contributed by atoms with Crippen molar-refractivity contribution in [3.05, 3.63) is 41.8 Å². The van der Waals surface area contributed by atoms with Gasteiger partial charge < -0.3 is 20.4 Å². The molecule has 26 heavy (non-hydrogen) atoms. The third-order valence-electron chi connectivity index (χ3n) is 4.10. The molecule has 0 bridgehead atoms. The zero-order valence-corrected chi connectivity index (χ0v) is 15.6. The minimum Gasteiger partial charge on any atom is -0.360 e. The van der Waals surface area contributed by atoms with Crippen LogP contribution in [0.1, 0.15) is 10.5 Å². The molecule has 3 rings (SSSR count). The smallest absolute Gasteiger partial charge is 0.271 e. The van der Waals surface area contributed by atoms with Gasteiger partial charge in [-0.1, -0.05) is 0 Å². The summed E-state index contributed by atoms with van der Waals surface area (Å²) in [5.41, 5.74) is 0.321. The summed E-state index contributed by atoms with van der Waals surface area (Å²) in [7, 11) is 1.78. The summed E-state index contributed by atoms with van der Waals surface area (Å²) in [5.74, 6) is 0.643. The van der Waals surface area contributed by atoms with Crippen molar-refractivity contribution in [3.63, 3.8) is 0 Å². The van der Waals surface area contributed by atoms with Crippen LogP contribution in [-0.4, -0.2) is 73.1 Å². The third kappa shape index (κ3) is 4.69. The Kier molecular flexibility index (Phi) is 6.37. The van der Waals surface area contributed by atoms with Crippen molar-refractivity contribution in [3.8, 4) is 0 Å². The minimum absolute atomic E-state index is 0.223. The van der Waals surface area contributed by atoms with Gasteiger partial charge in [-0.05, 0) is 17.5 Å². The fourth-order valence-electron chi connectivity index (χ4n) is 2.78. The van der Waals surface area contributed by atoms with E-state index in [1.54, 1.807) is 24.6 Å². The van der Waals surface area contributed by atoms with Gasteiger partial charge in [0.05, 0.1) is 11.2 Å². The first-order valence-electron chi connectivity index (χ1n) is 8.56. The molecule has 8 nitrogen and oxygen atoms in total. The molecule has 9 heteroatoms. The number of aliphatic imine (C=N–C) groups is 1. The van der Waals surface area contributed by atoms with Crippen molar-refractivity contribution in [2.45, 2.75) is 0 Å². The lowest BCUT2D eigenvalue weighted by Crippen LogP contribution is -2.53. The molecule has 1 aliphatic heterocycles. The fraction of sp³-hybridized carbons (Fsp3) is 0.412. The van der Waals surface area contributed by atoms with Gasteiger partial charge >= 0.3 is 0 Å². The van der Waals surface area contributed by atoms with Gasteiger partial charge in [-0.3, -0.25) is 14.8 Å². The Bertz CT molecular complexity index is 712. The second kappa shape index (κ2) is 9.14. The van der Waals surface area contributed by atoms with Gasteiger partial charge in [0, 0.05) is 58.7 Å². The van der Waals surface area contributed by atoms with Crippen LogP contribution >= 0.6 is 11.3 Å². The second-order valence-corrected chi connectivity index (χ2v) is 6.67. The number of nitrogens with one attached hydrogen (secondary N) is 2. The minimum atomic E-state index is -0.223. The predicted octanol–water partition coefficient (Wildman–Crippen LogP) is 0.665. The monoisotopic (exact) mass is 373 g/mol. The van der Waals surface area contributed by atoms with Crippen LogP contribution in [0.25, 0.3) is 0 Å². The summed E-state index contributed by atoms with van der Waals surface area (Å²) >= 11 is 1.77. The lowest BCUT2D eigenvalue weighted by atomic mass is 10.3. The van der Waals surface area contributed by atoms with E-state index < -0.39 is 0 Å². The van der Waals surface area contributed by atoms with Crippen molar-refractivity contribution < 1.29 is 4.79 Å². The number of piperazine rings is 1. The van der Waals surface area contributed by atoms with E-state index in [9.17, 15) is 4.79 Å². The summed E-state index contributed by atoms with van der Waals surface area (Å²) in [6, 6.07) is 4.25. The maximum atomic E-state index is 11.9. The first-order chi connectivity index (χ1) is 12.8. The highest BCUT2D eigenvalue weighted by atomic mass is 32.1. The average Bonchev–Trinajstić information content (AvgIpc) is 3.24. The number of carbonyl (C=O) groups excluding carboxylic acids is 1. The molecule has 2 aromatic heterocycles. The Morgan fingerprint density at radius 3 is 2.69 bits per heavy atom. The van der Waals surface area contributed by atoms with E-state index in [0.717, 1.165) is 32.1 Å². The van der Waals surface area contributed by atoms with Gasteiger partial charge in [0.2, 0.25) is 0 Å². The molecular weight excluding hydrogens is 350 g/mol. The van der Waals surface area contributed by atoms with Gasteiger partial charge in [-0.2, -0.15) is 0 Å². The zero-order valence-electron chi connectivity index (χ0n) is 14.8. The largest absolute Gasteiger partial charge is 0.360 e. The highest BCUT2D eigenvalue weighted by molar-refractivity contribution is 7.14. The lowest BCUT2D eigenvalue weighted by molar-refractivity contribution is 0.0949. The highest BCUT2D eigenvalue weighted by Gasteiger charge is 2.20.